The molecule has 0 amide bonds. The Labute approximate surface area is 120 Å². The van der Waals surface area contributed by atoms with E-state index in [1.54, 1.807) is 26.0 Å². The number of benzene rings is 1. The topological polar surface area (TPSA) is 52.6 Å². The smallest absolute Gasteiger partial charge is 0.338 e. The molecule has 4 heteroatoms. The summed E-state index contributed by atoms with van der Waals surface area (Å²) in [5.41, 5.74) is 1.54. The van der Waals surface area contributed by atoms with Crippen LogP contribution in [0.15, 0.2) is 24.3 Å². The van der Waals surface area contributed by atoms with Crippen LogP contribution < -0.4 is 0 Å². The maximum Gasteiger partial charge on any atom is 0.338 e. The first kappa shape index (κ1) is 16.2. The van der Waals surface area contributed by atoms with Gasteiger partial charge in [-0.2, -0.15) is 0 Å². The molecule has 1 rings (SSSR count). The zero-order chi connectivity index (χ0) is 15.0. The van der Waals surface area contributed by atoms with Gasteiger partial charge in [-0.25, -0.2) is 4.79 Å². The molecule has 1 atom stereocenters. The van der Waals surface area contributed by atoms with Crippen molar-refractivity contribution in [1.29, 1.82) is 0 Å². The molecule has 0 bridgehead atoms. The zero-order valence-corrected chi connectivity index (χ0v) is 12.3. The number of ether oxygens (including phenoxy) is 2. The lowest BCUT2D eigenvalue weighted by atomic mass is 9.96. The minimum absolute atomic E-state index is 0.136. The van der Waals surface area contributed by atoms with E-state index >= 15 is 0 Å². The predicted molar refractivity (Wildman–Crippen MR) is 76.5 cm³/mol. The summed E-state index contributed by atoms with van der Waals surface area (Å²) in [5.74, 6) is -0.621. The van der Waals surface area contributed by atoms with E-state index in [-0.39, 0.29) is 17.9 Å². The molecule has 0 aliphatic rings. The molecule has 1 unspecified atom stereocenters. The SMILES string of the molecule is CCOC(=O)c1ccc(CC(CC)C(=O)OCC)cc1. The first-order chi connectivity index (χ1) is 9.62. The molecule has 0 radical (unpaired) electrons. The van der Waals surface area contributed by atoms with Crippen molar-refractivity contribution in [1.82, 2.24) is 0 Å². The van der Waals surface area contributed by atoms with Crippen LogP contribution in [0.2, 0.25) is 0 Å². The quantitative estimate of drug-likeness (QED) is 0.719. The van der Waals surface area contributed by atoms with Gasteiger partial charge in [0, 0.05) is 0 Å². The summed E-state index contributed by atoms with van der Waals surface area (Å²) in [7, 11) is 0. The second kappa shape index (κ2) is 8.35. The van der Waals surface area contributed by atoms with E-state index in [4.69, 9.17) is 9.47 Å². The normalized spacial score (nSPS) is 11.8. The van der Waals surface area contributed by atoms with Crippen LogP contribution in [0.5, 0.6) is 0 Å². The van der Waals surface area contributed by atoms with Crippen molar-refractivity contribution in [2.24, 2.45) is 5.92 Å². The Morgan fingerprint density at radius 3 is 2.10 bits per heavy atom. The molecule has 0 N–H and O–H groups in total. The molecule has 1 aromatic carbocycles. The summed E-state index contributed by atoms with van der Waals surface area (Å²) in [6.45, 7) is 6.31. The van der Waals surface area contributed by atoms with Crippen LogP contribution in [0, 0.1) is 5.92 Å². The Bertz CT molecular complexity index is 436. The van der Waals surface area contributed by atoms with Gasteiger partial charge in [0.2, 0.25) is 0 Å². The summed E-state index contributed by atoms with van der Waals surface area (Å²) in [5, 5.41) is 0. The van der Waals surface area contributed by atoms with Gasteiger partial charge in [-0.1, -0.05) is 19.1 Å². The van der Waals surface area contributed by atoms with Crippen LogP contribution in [0.25, 0.3) is 0 Å². The van der Waals surface area contributed by atoms with E-state index in [9.17, 15) is 9.59 Å². The summed E-state index contributed by atoms with van der Waals surface area (Å²) in [6.07, 6.45) is 1.36. The molecule has 1 aromatic rings. The molecule has 4 nitrogen and oxygen atoms in total. The molecule has 0 fully saturated rings. The number of hydrogen-bond acceptors (Lipinski definition) is 4. The van der Waals surface area contributed by atoms with Gasteiger partial charge in [-0.05, 0) is 44.4 Å². The fraction of sp³-hybridized carbons (Fsp3) is 0.500. The molecule has 0 aromatic heterocycles. The van der Waals surface area contributed by atoms with Crippen LogP contribution >= 0.6 is 0 Å². The molecule has 0 heterocycles. The fourth-order valence-electron chi connectivity index (χ4n) is 1.93. The van der Waals surface area contributed by atoms with Gasteiger partial charge in [0.1, 0.15) is 0 Å². The predicted octanol–water partition coefficient (Wildman–Crippen LogP) is 3.00. The van der Waals surface area contributed by atoms with Crippen molar-refractivity contribution in [3.05, 3.63) is 35.4 Å². The van der Waals surface area contributed by atoms with Crippen LogP contribution in [-0.4, -0.2) is 25.2 Å². The molecule has 20 heavy (non-hydrogen) atoms. The first-order valence-electron chi connectivity index (χ1n) is 7.05. The minimum atomic E-state index is -0.323. The standard InChI is InChI=1S/C16H22O4/c1-4-13(15(17)19-5-2)11-12-7-9-14(10-8-12)16(18)20-6-3/h7-10,13H,4-6,11H2,1-3H3. The molecule has 0 saturated heterocycles. The van der Waals surface area contributed by atoms with Crippen molar-refractivity contribution in [3.8, 4) is 0 Å². The van der Waals surface area contributed by atoms with Gasteiger partial charge in [-0.3, -0.25) is 4.79 Å². The summed E-state index contributed by atoms with van der Waals surface area (Å²) in [6, 6.07) is 7.17. The fourth-order valence-corrected chi connectivity index (χ4v) is 1.93. The number of esters is 2. The molecular formula is C16H22O4. The molecule has 0 aliphatic carbocycles. The van der Waals surface area contributed by atoms with Crippen molar-refractivity contribution >= 4 is 11.9 Å². The van der Waals surface area contributed by atoms with E-state index < -0.39 is 0 Å². The Balaban J connectivity index is 2.68. The molecule has 0 aliphatic heterocycles. The molecule has 0 saturated carbocycles. The van der Waals surface area contributed by atoms with Crippen LogP contribution in [-0.2, 0) is 20.7 Å². The zero-order valence-electron chi connectivity index (χ0n) is 12.3. The largest absolute Gasteiger partial charge is 0.466 e. The second-order valence-corrected chi connectivity index (χ2v) is 4.48. The summed E-state index contributed by atoms with van der Waals surface area (Å²) < 4.78 is 9.98. The number of carbonyl (C=O) groups is 2. The lowest BCUT2D eigenvalue weighted by Gasteiger charge is -2.13. The van der Waals surface area contributed by atoms with Crippen LogP contribution in [0.3, 0.4) is 0 Å². The third-order valence-electron chi connectivity index (χ3n) is 3.06. The highest BCUT2D eigenvalue weighted by molar-refractivity contribution is 5.89. The van der Waals surface area contributed by atoms with Crippen molar-refractivity contribution in [2.75, 3.05) is 13.2 Å². The van der Waals surface area contributed by atoms with E-state index in [0.29, 0.717) is 25.2 Å². The van der Waals surface area contributed by atoms with E-state index in [2.05, 4.69) is 0 Å². The number of rotatable bonds is 7. The summed E-state index contributed by atoms with van der Waals surface area (Å²) in [4.78, 5) is 23.3. The van der Waals surface area contributed by atoms with Crippen molar-refractivity contribution in [2.45, 2.75) is 33.6 Å². The Hall–Kier alpha value is -1.84. The maximum atomic E-state index is 11.7. The monoisotopic (exact) mass is 278 g/mol. The van der Waals surface area contributed by atoms with Gasteiger partial charge in [0.15, 0.2) is 0 Å². The van der Waals surface area contributed by atoms with E-state index in [0.717, 1.165) is 12.0 Å². The lowest BCUT2D eigenvalue weighted by molar-refractivity contribution is -0.148. The van der Waals surface area contributed by atoms with Crippen molar-refractivity contribution < 1.29 is 19.1 Å². The van der Waals surface area contributed by atoms with Crippen LogP contribution in [0.1, 0.15) is 43.1 Å². The van der Waals surface area contributed by atoms with Gasteiger partial charge in [0.05, 0.1) is 24.7 Å². The van der Waals surface area contributed by atoms with E-state index in [1.807, 2.05) is 19.1 Å². The lowest BCUT2D eigenvalue weighted by Crippen LogP contribution is -2.19. The molecular weight excluding hydrogens is 256 g/mol. The van der Waals surface area contributed by atoms with Crippen molar-refractivity contribution in [3.63, 3.8) is 0 Å². The summed E-state index contributed by atoms with van der Waals surface area (Å²) >= 11 is 0. The van der Waals surface area contributed by atoms with Gasteiger partial charge >= 0.3 is 11.9 Å². The Morgan fingerprint density at radius 2 is 1.60 bits per heavy atom. The first-order valence-corrected chi connectivity index (χ1v) is 7.05. The molecule has 0 spiro atoms. The van der Waals surface area contributed by atoms with Crippen LogP contribution in [0.4, 0.5) is 0 Å². The number of carbonyl (C=O) groups excluding carboxylic acids is 2. The highest BCUT2D eigenvalue weighted by atomic mass is 16.5. The average molecular weight is 278 g/mol. The van der Waals surface area contributed by atoms with Gasteiger partial charge < -0.3 is 9.47 Å². The Morgan fingerprint density at radius 1 is 1.00 bits per heavy atom. The molecule has 110 valence electrons. The number of hydrogen-bond donors (Lipinski definition) is 0. The second-order valence-electron chi connectivity index (χ2n) is 4.48. The highest BCUT2D eigenvalue weighted by Gasteiger charge is 2.18. The Kier molecular flexibility index (Phi) is 6.77. The minimum Gasteiger partial charge on any atom is -0.466 e. The highest BCUT2D eigenvalue weighted by Crippen LogP contribution is 2.15. The average Bonchev–Trinajstić information content (AvgIpc) is 2.45. The van der Waals surface area contributed by atoms with Gasteiger partial charge in [-0.15, -0.1) is 0 Å². The third kappa shape index (κ3) is 4.68. The van der Waals surface area contributed by atoms with Gasteiger partial charge in [0.25, 0.3) is 0 Å². The maximum absolute atomic E-state index is 11.7. The third-order valence-corrected chi connectivity index (χ3v) is 3.06. The van der Waals surface area contributed by atoms with E-state index in [1.165, 1.54) is 0 Å².